The number of carbonyl (C=O) groups is 2. The number of primary sulfonamides is 1. The van der Waals surface area contributed by atoms with Crippen LogP contribution in [0.2, 0.25) is 0 Å². The van der Waals surface area contributed by atoms with E-state index in [-0.39, 0.29) is 4.90 Å². The lowest BCUT2D eigenvalue weighted by Crippen LogP contribution is -2.20. The summed E-state index contributed by atoms with van der Waals surface area (Å²) >= 11 is 1.62. The third-order valence-electron chi connectivity index (χ3n) is 3.34. The molecule has 142 valence electrons. The van der Waals surface area contributed by atoms with Crippen molar-refractivity contribution >= 4 is 45.4 Å². The van der Waals surface area contributed by atoms with Crippen molar-refractivity contribution in [2.75, 3.05) is 18.2 Å². The highest BCUT2D eigenvalue weighted by Gasteiger charge is 2.09. The van der Waals surface area contributed by atoms with Gasteiger partial charge in [0, 0.05) is 16.7 Å². The van der Waals surface area contributed by atoms with Crippen LogP contribution in [0.3, 0.4) is 0 Å². The van der Waals surface area contributed by atoms with Gasteiger partial charge in [0.1, 0.15) is 0 Å². The van der Waals surface area contributed by atoms with Crippen LogP contribution in [0.25, 0.3) is 6.08 Å². The Kier molecular flexibility index (Phi) is 7.17. The smallest absolute Gasteiger partial charge is 0.331 e. The number of nitrogens with one attached hydrogen (secondary N) is 1. The third kappa shape index (κ3) is 6.89. The van der Waals surface area contributed by atoms with Gasteiger partial charge in [0.15, 0.2) is 6.61 Å². The number of sulfonamides is 1. The summed E-state index contributed by atoms with van der Waals surface area (Å²) < 4.78 is 27.2. The minimum absolute atomic E-state index is 0.0670. The van der Waals surface area contributed by atoms with Gasteiger partial charge >= 0.3 is 5.97 Å². The van der Waals surface area contributed by atoms with E-state index in [4.69, 9.17) is 9.88 Å². The van der Waals surface area contributed by atoms with Crippen molar-refractivity contribution in [1.29, 1.82) is 0 Å². The third-order valence-corrected chi connectivity index (χ3v) is 5.01. The first-order valence-electron chi connectivity index (χ1n) is 7.69. The predicted octanol–water partition coefficient (Wildman–Crippen LogP) is 2.25. The summed E-state index contributed by atoms with van der Waals surface area (Å²) in [4.78, 5) is 24.5. The number of ether oxygens (including phenoxy) is 1. The Bertz CT molecular complexity index is 937. The maximum Gasteiger partial charge on any atom is 0.331 e. The Morgan fingerprint density at radius 3 is 2.30 bits per heavy atom. The first-order valence-corrected chi connectivity index (χ1v) is 10.5. The molecule has 9 heteroatoms. The van der Waals surface area contributed by atoms with Gasteiger partial charge in [-0.1, -0.05) is 12.1 Å². The number of hydrogen-bond donors (Lipinski definition) is 2. The summed E-state index contributed by atoms with van der Waals surface area (Å²) in [5, 5.41) is 7.48. The standard InChI is InChI=1S/C18H18N2O5S2/c1-26-15-7-2-13(3-8-15)4-11-18(22)25-12-17(21)20-14-5-9-16(10-6-14)27(19,23)24/h2-11H,12H2,1H3,(H,20,21)(H2,19,23,24)/b11-4+. The number of nitrogens with two attached hydrogens (primary N) is 1. The maximum absolute atomic E-state index is 11.8. The number of anilines is 1. The molecule has 2 rings (SSSR count). The number of rotatable bonds is 7. The largest absolute Gasteiger partial charge is 0.452 e. The lowest BCUT2D eigenvalue weighted by molar-refractivity contribution is -0.142. The van der Waals surface area contributed by atoms with Crippen LogP contribution >= 0.6 is 11.8 Å². The molecule has 0 aromatic heterocycles. The molecule has 1 amide bonds. The van der Waals surface area contributed by atoms with Gasteiger partial charge in [-0.25, -0.2) is 18.4 Å². The lowest BCUT2D eigenvalue weighted by atomic mass is 10.2. The summed E-state index contributed by atoms with van der Waals surface area (Å²) in [6.07, 6.45) is 4.81. The molecule has 0 saturated carbocycles. The summed E-state index contributed by atoms with van der Waals surface area (Å²) in [5.41, 5.74) is 1.19. The SMILES string of the molecule is CSc1ccc(/C=C/C(=O)OCC(=O)Nc2ccc(S(N)(=O)=O)cc2)cc1. The van der Waals surface area contributed by atoms with Crippen LogP contribution in [0.1, 0.15) is 5.56 Å². The monoisotopic (exact) mass is 406 g/mol. The zero-order valence-electron chi connectivity index (χ0n) is 14.4. The summed E-state index contributed by atoms with van der Waals surface area (Å²) in [6.45, 7) is -0.467. The zero-order valence-corrected chi connectivity index (χ0v) is 16.0. The van der Waals surface area contributed by atoms with Crippen LogP contribution in [0.5, 0.6) is 0 Å². The van der Waals surface area contributed by atoms with Gasteiger partial charge in [-0.2, -0.15) is 0 Å². The van der Waals surface area contributed by atoms with Crippen LogP contribution < -0.4 is 10.5 Å². The second kappa shape index (κ2) is 9.36. The number of hydrogen-bond acceptors (Lipinski definition) is 6. The van der Waals surface area contributed by atoms with Gasteiger partial charge in [0.05, 0.1) is 4.90 Å². The maximum atomic E-state index is 11.8. The highest BCUT2D eigenvalue weighted by atomic mass is 32.2. The molecule has 7 nitrogen and oxygen atoms in total. The van der Waals surface area contributed by atoms with E-state index in [2.05, 4.69) is 5.32 Å². The minimum atomic E-state index is -3.79. The summed E-state index contributed by atoms with van der Waals surface area (Å²) in [6, 6.07) is 12.9. The van der Waals surface area contributed by atoms with Crippen molar-refractivity contribution < 1.29 is 22.7 Å². The molecule has 0 bridgehead atoms. The van der Waals surface area contributed by atoms with Crippen LogP contribution in [0.15, 0.2) is 64.4 Å². The van der Waals surface area contributed by atoms with Crippen LogP contribution in [-0.4, -0.2) is 33.2 Å². The average Bonchev–Trinajstić information content (AvgIpc) is 2.65. The fourth-order valence-corrected chi connectivity index (χ4v) is 2.91. The van der Waals surface area contributed by atoms with Crippen LogP contribution in [0, 0.1) is 0 Å². The van der Waals surface area contributed by atoms with Gasteiger partial charge in [0.25, 0.3) is 5.91 Å². The van der Waals surface area contributed by atoms with E-state index in [1.807, 2.05) is 30.5 Å². The Morgan fingerprint density at radius 2 is 1.74 bits per heavy atom. The molecular weight excluding hydrogens is 388 g/mol. The molecule has 0 aliphatic heterocycles. The highest BCUT2D eigenvalue weighted by Crippen LogP contribution is 2.15. The van der Waals surface area contributed by atoms with Crippen molar-refractivity contribution in [3.8, 4) is 0 Å². The van der Waals surface area contributed by atoms with E-state index in [1.165, 1.54) is 30.3 Å². The van der Waals surface area contributed by atoms with Crippen molar-refractivity contribution in [3.63, 3.8) is 0 Å². The molecule has 27 heavy (non-hydrogen) atoms. The fraction of sp³-hybridized carbons (Fsp3) is 0.111. The second-order valence-corrected chi connectivity index (χ2v) is 7.77. The van der Waals surface area contributed by atoms with Crippen molar-refractivity contribution in [3.05, 3.63) is 60.2 Å². The molecule has 0 saturated heterocycles. The van der Waals surface area contributed by atoms with Gasteiger partial charge in [0.2, 0.25) is 10.0 Å². The first kappa shape index (κ1) is 20.7. The fourth-order valence-electron chi connectivity index (χ4n) is 1.99. The highest BCUT2D eigenvalue weighted by molar-refractivity contribution is 7.98. The normalized spacial score (nSPS) is 11.3. The predicted molar refractivity (Wildman–Crippen MR) is 105 cm³/mol. The van der Waals surface area contributed by atoms with Crippen molar-refractivity contribution in [2.45, 2.75) is 9.79 Å². The molecule has 0 spiro atoms. The first-order chi connectivity index (χ1) is 12.8. The zero-order chi connectivity index (χ0) is 19.9. The Balaban J connectivity index is 1.82. The molecular formula is C18H18N2O5S2. The van der Waals surface area contributed by atoms with Gasteiger partial charge in [-0.15, -0.1) is 11.8 Å². The van der Waals surface area contributed by atoms with Crippen LogP contribution in [0.4, 0.5) is 5.69 Å². The van der Waals surface area contributed by atoms with E-state index in [0.717, 1.165) is 10.5 Å². The van der Waals surface area contributed by atoms with Gasteiger partial charge in [-0.3, -0.25) is 4.79 Å². The number of esters is 1. The molecule has 0 unspecified atom stereocenters. The van der Waals surface area contributed by atoms with Gasteiger partial charge < -0.3 is 10.1 Å². The number of thioether (sulfide) groups is 1. The van der Waals surface area contributed by atoms with Crippen LogP contribution in [-0.2, 0) is 24.3 Å². The number of benzene rings is 2. The van der Waals surface area contributed by atoms with E-state index >= 15 is 0 Å². The number of amides is 1. The average molecular weight is 406 g/mol. The Hall–Kier alpha value is -2.62. The topological polar surface area (TPSA) is 116 Å². The lowest BCUT2D eigenvalue weighted by Gasteiger charge is -2.06. The van der Waals surface area contributed by atoms with E-state index < -0.39 is 28.5 Å². The van der Waals surface area contributed by atoms with Gasteiger partial charge in [-0.05, 0) is 54.3 Å². The molecule has 0 aliphatic rings. The van der Waals surface area contributed by atoms with E-state index in [1.54, 1.807) is 17.8 Å². The van der Waals surface area contributed by atoms with E-state index in [0.29, 0.717) is 5.69 Å². The molecule has 2 aromatic rings. The molecule has 2 aromatic carbocycles. The Morgan fingerprint density at radius 1 is 1.11 bits per heavy atom. The quantitative estimate of drug-likeness (QED) is 0.414. The summed E-state index contributed by atoms with van der Waals surface area (Å²) in [5.74, 6) is -1.20. The molecule has 0 fully saturated rings. The molecule has 0 radical (unpaired) electrons. The van der Waals surface area contributed by atoms with Crippen molar-refractivity contribution in [2.24, 2.45) is 5.14 Å². The van der Waals surface area contributed by atoms with E-state index in [9.17, 15) is 18.0 Å². The second-order valence-electron chi connectivity index (χ2n) is 5.33. The summed E-state index contributed by atoms with van der Waals surface area (Å²) in [7, 11) is -3.79. The van der Waals surface area contributed by atoms with Crippen molar-refractivity contribution in [1.82, 2.24) is 0 Å². The molecule has 0 aliphatic carbocycles. The molecule has 3 N–H and O–H groups in total. The minimum Gasteiger partial charge on any atom is -0.452 e. The Labute approximate surface area is 161 Å². The number of carbonyl (C=O) groups excluding carboxylic acids is 2. The molecule has 0 atom stereocenters. The molecule has 0 heterocycles.